The first-order chi connectivity index (χ1) is 7.16. The molecule has 0 radical (unpaired) electrons. The van der Waals surface area contributed by atoms with Crippen molar-refractivity contribution in [1.29, 1.82) is 0 Å². The fourth-order valence-corrected chi connectivity index (χ4v) is 2.01. The number of ether oxygens (including phenoxy) is 1. The smallest absolute Gasteiger partial charge is 0.309 e. The van der Waals surface area contributed by atoms with Gasteiger partial charge in [-0.05, 0) is 30.5 Å². The predicted octanol–water partition coefficient (Wildman–Crippen LogP) is 2.47. The lowest BCUT2D eigenvalue weighted by Crippen LogP contribution is -2.20. The maximum atomic E-state index is 10.8. The topological polar surface area (TPSA) is 46.5 Å². The van der Waals surface area contributed by atoms with Gasteiger partial charge in [0.15, 0.2) is 0 Å². The minimum Gasteiger partial charge on any atom is -0.492 e. The van der Waals surface area contributed by atoms with E-state index in [1.807, 2.05) is 18.2 Å². The van der Waals surface area contributed by atoms with Crippen molar-refractivity contribution in [3.8, 4) is 5.75 Å². The van der Waals surface area contributed by atoms with Crippen LogP contribution in [0.25, 0.3) is 0 Å². The van der Waals surface area contributed by atoms with Crippen LogP contribution in [0.1, 0.15) is 12.0 Å². The lowest BCUT2D eigenvalue weighted by atomic mass is 10.0. The molecule has 15 heavy (non-hydrogen) atoms. The fraction of sp³-hybridized carbons (Fsp3) is 0.364. The first-order valence-electron chi connectivity index (χ1n) is 4.81. The van der Waals surface area contributed by atoms with Crippen LogP contribution in [0.3, 0.4) is 0 Å². The number of benzene rings is 1. The van der Waals surface area contributed by atoms with Crippen LogP contribution >= 0.6 is 15.9 Å². The van der Waals surface area contributed by atoms with Crippen LogP contribution in [0.5, 0.6) is 5.75 Å². The summed E-state index contributed by atoms with van der Waals surface area (Å²) < 4.78 is 6.45. The Morgan fingerprint density at radius 3 is 3.07 bits per heavy atom. The molecule has 0 aromatic heterocycles. The maximum Gasteiger partial charge on any atom is 0.309 e. The highest BCUT2D eigenvalue weighted by molar-refractivity contribution is 9.10. The summed E-state index contributed by atoms with van der Waals surface area (Å²) in [5.41, 5.74) is 1.09. The molecule has 4 heteroatoms. The van der Waals surface area contributed by atoms with E-state index in [0.29, 0.717) is 6.42 Å². The summed E-state index contributed by atoms with van der Waals surface area (Å²) in [7, 11) is 0. The summed E-state index contributed by atoms with van der Waals surface area (Å²) in [5, 5.41) is 8.91. The molecule has 1 aliphatic rings. The highest BCUT2D eigenvalue weighted by atomic mass is 79.9. The average molecular weight is 271 g/mol. The van der Waals surface area contributed by atoms with E-state index in [4.69, 9.17) is 9.84 Å². The van der Waals surface area contributed by atoms with Gasteiger partial charge < -0.3 is 9.84 Å². The molecule has 0 aliphatic carbocycles. The van der Waals surface area contributed by atoms with Crippen LogP contribution in [0.2, 0.25) is 0 Å². The molecule has 1 aromatic rings. The molecule has 3 nitrogen and oxygen atoms in total. The van der Waals surface area contributed by atoms with Gasteiger partial charge in [-0.15, -0.1) is 0 Å². The zero-order valence-electron chi connectivity index (χ0n) is 8.07. The van der Waals surface area contributed by atoms with E-state index in [0.717, 1.165) is 22.2 Å². The lowest BCUT2D eigenvalue weighted by Gasteiger charge is -2.08. The number of carbonyl (C=O) groups is 1. The van der Waals surface area contributed by atoms with Gasteiger partial charge in [0.05, 0.1) is 5.92 Å². The van der Waals surface area contributed by atoms with E-state index in [-0.39, 0.29) is 6.61 Å². The Morgan fingerprint density at radius 2 is 2.33 bits per heavy atom. The minimum absolute atomic E-state index is 0.263. The summed E-state index contributed by atoms with van der Waals surface area (Å²) >= 11 is 3.36. The lowest BCUT2D eigenvalue weighted by molar-refractivity contribution is -0.142. The number of halogens is 1. The number of carboxylic acids is 1. The van der Waals surface area contributed by atoms with Gasteiger partial charge in [-0.2, -0.15) is 0 Å². The molecule has 1 N–H and O–H groups in total. The molecular formula is C11H11BrO3. The van der Waals surface area contributed by atoms with E-state index in [1.54, 1.807) is 0 Å². The standard InChI is InChI=1S/C11H11BrO3/c12-9-4-3-7-1-2-8(11(13)14)6-15-10(7)5-9/h3-5,8H,1-2,6H2,(H,13,14). The number of fused-ring (bicyclic) bond motifs is 1. The van der Waals surface area contributed by atoms with Crippen molar-refractivity contribution < 1.29 is 14.6 Å². The van der Waals surface area contributed by atoms with Gasteiger partial charge in [-0.25, -0.2) is 0 Å². The molecule has 0 spiro atoms. The molecule has 0 fully saturated rings. The van der Waals surface area contributed by atoms with E-state index in [1.165, 1.54) is 0 Å². The van der Waals surface area contributed by atoms with Crippen LogP contribution in [0, 0.1) is 5.92 Å². The van der Waals surface area contributed by atoms with Crippen molar-refractivity contribution in [3.63, 3.8) is 0 Å². The van der Waals surface area contributed by atoms with E-state index in [2.05, 4.69) is 15.9 Å². The van der Waals surface area contributed by atoms with Crippen LogP contribution in [-0.4, -0.2) is 17.7 Å². The normalized spacial score (nSPS) is 19.9. The van der Waals surface area contributed by atoms with Gasteiger partial charge in [-0.1, -0.05) is 22.0 Å². The molecular weight excluding hydrogens is 260 g/mol. The van der Waals surface area contributed by atoms with Crippen molar-refractivity contribution in [1.82, 2.24) is 0 Å². The third kappa shape index (κ3) is 2.31. The van der Waals surface area contributed by atoms with Crippen molar-refractivity contribution in [2.75, 3.05) is 6.61 Å². The van der Waals surface area contributed by atoms with E-state index >= 15 is 0 Å². The number of hydrogen-bond acceptors (Lipinski definition) is 2. The predicted molar refractivity (Wildman–Crippen MR) is 59.1 cm³/mol. The molecule has 1 aromatic carbocycles. The third-order valence-electron chi connectivity index (χ3n) is 2.58. The van der Waals surface area contributed by atoms with Crippen molar-refractivity contribution in [3.05, 3.63) is 28.2 Å². The molecule has 1 aliphatic heterocycles. The number of rotatable bonds is 1. The van der Waals surface area contributed by atoms with Gasteiger partial charge in [0.1, 0.15) is 12.4 Å². The Labute approximate surface area is 96.2 Å². The Bertz CT molecular complexity index is 389. The van der Waals surface area contributed by atoms with Gasteiger partial charge in [0, 0.05) is 4.47 Å². The van der Waals surface area contributed by atoms with Crippen molar-refractivity contribution in [2.24, 2.45) is 5.92 Å². The second-order valence-electron chi connectivity index (χ2n) is 3.64. The van der Waals surface area contributed by atoms with E-state index in [9.17, 15) is 4.79 Å². The van der Waals surface area contributed by atoms with Gasteiger partial charge in [-0.3, -0.25) is 4.79 Å². The zero-order chi connectivity index (χ0) is 10.8. The average Bonchev–Trinajstić information content (AvgIpc) is 2.39. The second-order valence-corrected chi connectivity index (χ2v) is 4.55. The minimum atomic E-state index is -0.776. The highest BCUT2D eigenvalue weighted by Gasteiger charge is 2.22. The third-order valence-corrected chi connectivity index (χ3v) is 3.07. The molecule has 0 bridgehead atoms. The molecule has 1 atom stereocenters. The maximum absolute atomic E-state index is 10.8. The number of hydrogen-bond donors (Lipinski definition) is 1. The van der Waals surface area contributed by atoms with E-state index < -0.39 is 11.9 Å². The summed E-state index contributed by atoms with van der Waals surface area (Å²) in [6, 6.07) is 5.81. The van der Waals surface area contributed by atoms with Crippen molar-refractivity contribution in [2.45, 2.75) is 12.8 Å². The summed E-state index contributed by atoms with van der Waals surface area (Å²) in [5.74, 6) is -0.369. The second kappa shape index (κ2) is 4.23. The zero-order valence-corrected chi connectivity index (χ0v) is 9.66. The van der Waals surface area contributed by atoms with Crippen LogP contribution in [-0.2, 0) is 11.2 Å². The first-order valence-corrected chi connectivity index (χ1v) is 5.60. The molecule has 1 unspecified atom stereocenters. The summed E-state index contributed by atoms with van der Waals surface area (Å²) in [6.45, 7) is 0.263. The molecule has 0 saturated carbocycles. The largest absolute Gasteiger partial charge is 0.492 e. The van der Waals surface area contributed by atoms with Crippen LogP contribution in [0.15, 0.2) is 22.7 Å². The van der Waals surface area contributed by atoms with Crippen molar-refractivity contribution >= 4 is 21.9 Å². The summed E-state index contributed by atoms with van der Waals surface area (Å²) in [6.07, 6.45) is 1.41. The van der Waals surface area contributed by atoms with Crippen LogP contribution < -0.4 is 4.74 Å². The fourth-order valence-electron chi connectivity index (χ4n) is 1.67. The number of aryl methyl sites for hydroxylation is 1. The monoisotopic (exact) mass is 270 g/mol. The molecule has 0 saturated heterocycles. The first kappa shape index (κ1) is 10.5. The molecule has 2 rings (SSSR count). The molecule has 0 amide bonds. The number of aliphatic carboxylic acids is 1. The SMILES string of the molecule is O=C(O)C1CCc2ccc(Br)cc2OC1. The Kier molecular flexibility index (Phi) is 2.95. The molecule has 80 valence electrons. The highest BCUT2D eigenvalue weighted by Crippen LogP contribution is 2.29. The quantitative estimate of drug-likeness (QED) is 0.853. The summed E-state index contributed by atoms with van der Waals surface area (Å²) in [4.78, 5) is 10.8. The Hall–Kier alpha value is -1.03. The van der Waals surface area contributed by atoms with Gasteiger partial charge in [0.2, 0.25) is 0 Å². The Balaban J connectivity index is 2.21. The Morgan fingerprint density at radius 1 is 1.53 bits per heavy atom. The van der Waals surface area contributed by atoms with Gasteiger partial charge >= 0.3 is 5.97 Å². The molecule has 1 heterocycles. The van der Waals surface area contributed by atoms with Crippen LogP contribution in [0.4, 0.5) is 0 Å². The van der Waals surface area contributed by atoms with Gasteiger partial charge in [0.25, 0.3) is 0 Å². The number of carboxylic acid groups (broad SMARTS) is 1.